The highest BCUT2D eigenvalue weighted by molar-refractivity contribution is 7.99. The molecule has 0 aliphatic heterocycles. The van der Waals surface area contributed by atoms with Crippen LogP contribution < -0.4 is 10.1 Å². The summed E-state index contributed by atoms with van der Waals surface area (Å²) in [5.41, 5.74) is 0. The summed E-state index contributed by atoms with van der Waals surface area (Å²) in [5, 5.41) is 2.87. The molecule has 1 amide bonds. The maximum Gasteiger partial charge on any atom is 0.221 e. The standard InChI is InChI=1S/C13H19NO2S/c1-10(2)14-13(15)8-9-17-12-6-4-11(16-3)5-7-12/h4-7,10H,8-9H2,1-3H3,(H,14,15). The molecule has 1 aromatic rings. The lowest BCUT2D eigenvalue weighted by atomic mass is 10.3. The van der Waals surface area contributed by atoms with Crippen molar-refractivity contribution >= 4 is 17.7 Å². The summed E-state index contributed by atoms with van der Waals surface area (Å²) in [5.74, 6) is 1.76. The highest BCUT2D eigenvalue weighted by atomic mass is 32.2. The number of ether oxygens (including phenoxy) is 1. The number of carbonyl (C=O) groups excluding carboxylic acids is 1. The van der Waals surface area contributed by atoms with E-state index in [0.29, 0.717) is 6.42 Å². The summed E-state index contributed by atoms with van der Waals surface area (Å²) in [6.45, 7) is 3.93. The molecule has 0 aliphatic rings. The molecule has 1 N–H and O–H groups in total. The summed E-state index contributed by atoms with van der Waals surface area (Å²) in [7, 11) is 1.65. The molecule has 0 unspecified atom stereocenters. The van der Waals surface area contributed by atoms with Crippen LogP contribution in [0.5, 0.6) is 5.75 Å². The monoisotopic (exact) mass is 253 g/mol. The Morgan fingerprint density at radius 3 is 2.53 bits per heavy atom. The summed E-state index contributed by atoms with van der Waals surface area (Å²) >= 11 is 1.68. The number of thioether (sulfide) groups is 1. The summed E-state index contributed by atoms with van der Waals surface area (Å²) in [6.07, 6.45) is 0.550. The molecule has 1 aromatic carbocycles. The molecule has 3 nitrogen and oxygen atoms in total. The number of carbonyl (C=O) groups is 1. The Hall–Kier alpha value is -1.16. The third kappa shape index (κ3) is 5.63. The molecule has 94 valence electrons. The van der Waals surface area contributed by atoms with Gasteiger partial charge >= 0.3 is 0 Å². The highest BCUT2D eigenvalue weighted by Crippen LogP contribution is 2.21. The Morgan fingerprint density at radius 2 is 2.00 bits per heavy atom. The minimum atomic E-state index is 0.112. The first-order chi connectivity index (χ1) is 8.11. The van der Waals surface area contributed by atoms with Gasteiger partial charge in [0.05, 0.1) is 7.11 Å². The van der Waals surface area contributed by atoms with Crippen molar-refractivity contribution in [3.8, 4) is 5.75 Å². The van der Waals surface area contributed by atoms with Crippen LogP contribution in [0.3, 0.4) is 0 Å². The zero-order chi connectivity index (χ0) is 12.7. The summed E-state index contributed by atoms with van der Waals surface area (Å²) < 4.78 is 5.08. The van der Waals surface area contributed by atoms with Crippen LogP contribution >= 0.6 is 11.8 Å². The molecule has 0 fully saturated rings. The molecule has 17 heavy (non-hydrogen) atoms. The van der Waals surface area contributed by atoms with E-state index in [1.165, 1.54) is 0 Å². The van der Waals surface area contributed by atoms with Crippen molar-refractivity contribution in [3.63, 3.8) is 0 Å². The van der Waals surface area contributed by atoms with E-state index in [0.717, 1.165) is 16.4 Å². The van der Waals surface area contributed by atoms with Crippen molar-refractivity contribution in [2.24, 2.45) is 0 Å². The second-order valence-corrected chi connectivity index (χ2v) is 5.16. The SMILES string of the molecule is COc1ccc(SCCC(=O)NC(C)C)cc1. The lowest BCUT2D eigenvalue weighted by Crippen LogP contribution is -2.30. The summed E-state index contributed by atoms with van der Waals surface area (Å²) in [4.78, 5) is 12.6. The van der Waals surface area contributed by atoms with Gasteiger partial charge in [-0.1, -0.05) is 0 Å². The van der Waals surface area contributed by atoms with Crippen molar-refractivity contribution < 1.29 is 9.53 Å². The number of nitrogens with one attached hydrogen (secondary N) is 1. The average molecular weight is 253 g/mol. The van der Waals surface area contributed by atoms with Gasteiger partial charge in [-0.2, -0.15) is 0 Å². The largest absolute Gasteiger partial charge is 0.497 e. The van der Waals surface area contributed by atoms with E-state index in [4.69, 9.17) is 4.74 Å². The topological polar surface area (TPSA) is 38.3 Å². The van der Waals surface area contributed by atoms with Crippen molar-refractivity contribution in [2.75, 3.05) is 12.9 Å². The lowest BCUT2D eigenvalue weighted by Gasteiger charge is -2.08. The second-order valence-electron chi connectivity index (χ2n) is 4.00. The van der Waals surface area contributed by atoms with Crippen LogP contribution in [0.4, 0.5) is 0 Å². The molecule has 0 saturated carbocycles. The minimum absolute atomic E-state index is 0.112. The number of methoxy groups -OCH3 is 1. The fraction of sp³-hybridized carbons (Fsp3) is 0.462. The van der Waals surface area contributed by atoms with Crippen LogP contribution in [-0.2, 0) is 4.79 Å². The molecule has 0 saturated heterocycles. The molecule has 0 aliphatic carbocycles. The van der Waals surface area contributed by atoms with Gasteiger partial charge in [0.25, 0.3) is 0 Å². The Kier molecular flexibility index (Phi) is 5.91. The van der Waals surface area contributed by atoms with Gasteiger partial charge in [0, 0.05) is 23.1 Å². The van der Waals surface area contributed by atoms with E-state index >= 15 is 0 Å². The van der Waals surface area contributed by atoms with Gasteiger partial charge in [0.2, 0.25) is 5.91 Å². The average Bonchev–Trinajstić information content (AvgIpc) is 2.29. The van der Waals surface area contributed by atoms with Crippen LogP contribution in [0.2, 0.25) is 0 Å². The predicted molar refractivity (Wildman–Crippen MR) is 71.6 cm³/mol. The molecular weight excluding hydrogens is 234 g/mol. The number of hydrogen-bond donors (Lipinski definition) is 1. The quantitative estimate of drug-likeness (QED) is 0.792. The van der Waals surface area contributed by atoms with E-state index in [1.54, 1.807) is 18.9 Å². The summed E-state index contributed by atoms with van der Waals surface area (Å²) in [6, 6.07) is 8.08. The smallest absolute Gasteiger partial charge is 0.221 e. The maximum absolute atomic E-state index is 11.4. The fourth-order valence-electron chi connectivity index (χ4n) is 1.33. The Morgan fingerprint density at radius 1 is 1.35 bits per heavy atom. The van der Waals surface area contributed by atoms with E-state index in [1.807, 2.05) is 38.1 Å². The number of hydrogen-bond acceptors (Lipinski definition) is 3. The highest BCUT2D eigenvalue weighted by Gasteiger charge is 2.03. The van der Waals surface area contributed by atoms with Crippen molar-refractivity contribution in [3.05, 3.63) is 24.3 Å². The van der Waals surface area contributed by atoms with Gasteiger partial charge in [-0.3, -0.25) is 4.79 Å². The predicted octanol–water partition coefficient (Wildman–Crippen LogP) is 2.70. The molecule has 0 spiro atoms. The first-order valence-corrected chi connectivity index (χ1v) is 6.66. The Labute approximate surface area is 107 Å². The lowest BCUT2D eigenvalue weighted by molar-refractivity contribution is -0.121. The van der Waals surface area contributed by atoms with Gasteiger partial charge in [-0.05, 0) is 38.1 Å². The normalized spacial score (nSPS) is 10.4. The third-order valence-electron chi connectivity index (χ3n) is 2.11. The maximum atomic E-state index is 11.4. The number of amides is 1. The van der Waals surface area contributed by atoms with Gasteiger partial charge in [-0.25, -0.2) is 0 Å². The molecule has 0 bridgehead atoms. The Balaban J connectivity index is 2.28. The number of rotatable bonds is 6. The van der Waals surface area contributed by atoms with Crippen LogP contribution in [0.25, 0.3) is 0 Å². The zero-order valence-corrected chi connectivity index (χ0v) is 11.3. The molecule has 0 aromatic heterocycles. The van der Waals surface area contributed by atoms with Gasteiger partial charge < -0.3 is 10.1 Å². The van der Waals surface area contributed by atoms with E-state index in [-0.39, 0.29) is 11.9 Å². The first-order valence-electron chi connectivity index (χ1n) is 5.68. The molecule has 0 heterocycles. The second kappa shape index (κ2) is 7.22. The van der Waals surface area contributed by atoms with Crippen molar-refractivity contribution in [1.82, 2.24) is 5.32 Å². The minimum Gasteiger partial charge on any atom is -0.497 e. The molecular formula is C13H19NO2S. The van der Waals surface area contributed by atoms with Crippen molar-refractivity contribution in [1.29, 1.82) is 0 Å². The van der Waals surface area contributed by atoms with E-state index < -0.39 is 0 Å². The first kappa shape index (κ1) is 13.9. The fourth-order valence-corrected chi connectivity index (χ4v) is 2.18. The third-order valence-corrected chi connectivity index (χ3v) is 3.12. The molecule has 0 atom stereocenters. The molecule has 0 radical (unpaired) electrons. The number of benzene rings is 1. The van der Waals surface area contributed by atoms with Crippen LogP contribution in [-0.4, -0.2) is 24.8 Å². The van der Waals surface area contributed by atoms with Crippen LogP contribution in [0.15, 0.2) is 29.2 Å². The zero-order valence-electron chi connectivity index (χ0n) is 10.5. The van der Waals surface area contributed by atoms with E-state index in [2.05, 4.69) is 5.32 Å². The van der Waals surface area contributed by atoms with Gasteiger partial charge in [0.15, 0.2) is 0 Å². The Bertz CT molecular complexity index is 349. The van der Waals surface area contributed by atoms with Crippen LogP contribution in [0.1, 0.15) is 20.3 Å². The van der Waals surface area contributed by atoms with Crippen molar-refractivity contribution in [2.45, 2.75) is 31.2 Å². The van der Waals surface area contributed by atoms with Gasteiger partial charge in [0.1, 0.15) is 5.75 Å². The van der Waals surface area contributed by atoms with Crippen LogP contribution in [0, 0.1) is 0 Å². The molecule has 1 rings (SSSR count). The molecule has 4 heteroatoms. The van der Waals surface area contributed by atoms with E-state index in [9.17, 15) is 4.79 Å². The van der Waals surface area contributed by atoms with Gasteiger partial charge in [-0.15, -0.1) is 11.8 Å².